The number of furan rings is 1. The van der Waals surface area contributed by atoms with Crippen molar-refractivity contribution in [1.82, 2.24) is 9.99 Å². The molecule has 1 unspecified atom stereocenters. The predicted molar refractivity (Wildman–Crippen MR) is 103 cm³/mol. The number of carbonyl (C=O) groups excluding carboxylic acids is 1. The minimum atomic E-state index is -0.260. The van der Waals surface area contributed by atoms with Gasteiger partial charge in [-0.05, 0) is 35.7 Å². The maximum Gasteiger partial charge on any atom is 0.253 e. The minimum absolute atomic E-state index is 0.143. The molecule has 27 heavy (non-hydrogen) atoms. The third kappa shape index (κ3) is 3.65. The molecule has 1 aliphatic heterocycles. The Labute approximate surface area is 164 Å². The van der Waals surface area contributed by atoms with E-state index >= 15 is 0 Å². The fraction of sp³-hybridized carbons (Fsp3) is 0.158. The zero-order valence-electron chi connectivity index (χ0n) is 14.1. The van der Waals surface area contributed by atoms with Gasteiger partial charge in [0.25, 0.3) is 5.91 Å². The molecule has 0 saturated carbocycles. The lowest BCUT2D eigenvalue weighted by Crippen LogP contribution is -2.28. The van der Waals surface area contributed by atoms with Gasteiger partial charge in [0.05, 0.1) is 28.2 Å². The van der Waals surface area contributed by atoms with Gasteiger partial charge in [-0.3, -0.25) is 4.79 Å². The van der Waals surface area contributed by atoms with E-state index in [0.717, 1.165) is 10.6 Å². The van der Waals surface area contributed by atoms with Crippen molar-refractivity contribution in [2.24, 2.45) is 5.10 Å². The normalized spacial score (nSPS) is 16.2. The number of thioether (sulfide) groups is 1. The second-order valence-corrected chi connectivity index (χ2v) is 7.67. The van der Waals surface area contributed by atoms with Gasteiger partial charge < -0.3 is 4.42 Å². The second-order valence-electron chi connectivity index (χ2n) is 5.75. The SMILES string of the molecule is N#Cc1cccnc1SCC(=O)N1N=C(c2cccs2)CC1c1ccco1. The summed E-state index contributed by atoms with van der Waals surface area (Å²) < 4.78 is 5.54. The highest BCUT2D eigenvalue weighted by Gasteiger charge is 2.35. The Morgan fingerprint density at radius 1 is 1.37 bits per heavy atom. The van der Waals surface area contributed by atoms with Crippen LogP contribution in [0.2, 0.25) is 0 Å². The van der Waals surface area contributed by atoms with Crippen molar-refractivity contribution in [2.75, 3.05) is 5.75 Å². The summed E-state index contributed by atoms with van der Waals surface area (Å²) in [6.45, 7) is 0. The highest BCUT2D eigenvalue weighted by Crippen LogP contribution is 2.34. The first kappa shape index (κ1) is 17.5. The van der Waals surface area contributed by atoms with Crippen LogP contribution < -0.4 is 0 Å². The van der Waals surface area contributed by atoms with Crippen LogP contribution in [0.1, 0.15) is 28.7 Å². The van der Waals surface area contributed by atoms with Crippen molar-refractivity contribution in [3.05, 3.63) is 70.4 Å². The van der Waals surface area contributed by atoms with Crippen LogP contribution in [0.15, 0.2) is 68.8 Å². The number of hydrogen-bond donors (Lipinski definition) is 0. The lowest BCUT2D eigenvalue weighted by molar-refractivity contribution is -0.130. The van der Waals surface area contributed by atoms with E-state index in [2.05, 4.69) is 16.2 Å². The number of hydrazone groups is 1. The zero-order chi connectivity index (χ0) is 18.6. The van der Waals surface area contributed by atoms with Crippen molar-refractivity contribution in [1.29, 1.82) is 5.26 Å². The molecule has 0 spiro atoms. The lowest BCUT2D eigenvalue weighted by atomic mass is 10.1. The number of carbonyl (C=O) groups is 1. The minimum Gasteiger partial charge on any atom is -0.467 e. The molecule has 0 bridgehead atoms. The summed E-state index contributed by atoms with van der Waals surface area (Å²) in [6.07, 6.45) is 3.82. The van der Waals surface area contributed by atoms with Gasteiger partial charge in [0.15, 0.2) is 0 Å². The van der Waals surface area contributed by atoms with Crippen molar-refractivity contribution >= 4 is 34.7 Å². The number of aromatic nitrogens is 1. The summed E-state index contributed by atoms with van der Waals surface area (Å²) in [6, 6.07) is 12.9. The maximum absolute atomic E-state index is 12.9. The summed E-state index contributed by atoms with van der Waals surface area (Å²) in [5, 5.41) is 17.8. The van der Waals surface area contributed by atoms with Crippen LogP contribution in [0.25, 0.3) is 0 Å². The summed E-state index contributed by atoms with van der Waals surface area (Å²) in [5.41, 5.74) is 1.34. The van der Waals surface area contributed by atoms with Gasteiger partial charge in [-0.2, -0.15) is 10.4 Å². The molecular formula is C19H14N4O2S2. The standard InChI is InChI=1S/C19H14N4O2S2/c20-11-13-4-1-7-21-19(13)27-12-18(24)23-15(16-5-2-8-25-16)10-14(22-23)17-6-3-9-26-17/h1-9,15H,10,12H2. The molecule has 3 aromatic rings. The third-order valence-corrected chi connectivity index (χ3v) is 5.98. The van der Waals surface area contributed by atoms with E-state index in [9.17, 15) is 10.1 Å². The first-order chi connectivity index (χ1) is 13.3. The molecule has 8 heteroatoms. The second kappa shape index (κ2) is 7.78. The van der Waals surface area contributed by atoms with Gasteiger partial charge in [0.2, 0.25) is 0 Å². The molecule has 0 N–H and O–H groups in total. The molecular weight excluding hydrogens is 380 g/mol. The monoisotopic (exact) mass is 394 g/mol. The number of thiophene rings is 1. The molecule has 0 fully saturated rings. The Kier molecular flexibility index (Phi) is 5.05. The van der Waals surface area contributed by atoms with Gasteiger partial charge >= 0.3 is 0 Å². The molecule has 1 atom stereocenters. The smallest absolute Gasteiger partial charge is 0.253 e. The molecule has 0 saturated heterocycles. The molecule has 1 amide bonds. The fourth-order valence-electron chi connectivity index (χ4n) is 2.82. The molecule has 0 radical (unpaired) electrons. The average Bonchev–Trinajstić information content (AvgIpc) is 3.46. The number of rotatable bonds is 5. The van der Waals surface area contributed by atoms with Gasteiger partial charge in [0, 0.05) is 12.6 Å². The molecule has 0 aliphatic carbocycles. The van der Waals surface area contributed by atoms with E-state index in [1.165, 1.54) is 16.8 Å². The largest absolute Gasteiger partial charge is 0.467 e. The average molecular weight is 394 g/mol. The van der Waals surface area contributed by atoms with E-state index in [4.69, 9.17) is 4.42 Å². The summed E-state index contributed by atoms with van der Waals surface area (Å²) in [7, 11) is 0. The van der Waals surface area contributed by atoms with Crippen LogP contribution in [0.4, 0.5) is 0 Å². The van der Waals surface area contributed by atoms with Crippen LogP contribution >= 0.6 is 23.1 Å². The van der Waals surface area contributed by atoms with E-state index < -0.39 is 0 Å². The molecule has 1 aliphatic rings. The van der Waals surface area contributed by atoms with Gasteiger partial charge in [-0.1, -0.05) is 17.8 Å². The van der Waals surface area contributed by atoms with E-state index in [1.54, 1.807) is 35.9 Å². The van der Waals surface area contributed by atoms with Crippen molar-refractivity contribution < 1.29 is 9.21 Å². The highest BCUT2D eigenvalue weighted by atomic mass is 32.2. The number of nitriles is 1. The number of nitrogens with zero attached hydrogens (tertiary/aromatic N) is 4. The van der Waals surface area contributed by atoms with E-state index in [1.807, 2.05) is 29.6 Å². The van der Waals surface area contributed by atoms with Crippen LogP contribution in [0, 0.1) is 11.3 Å². The summed E-state index contributed by atoms with van der Waals surface area (Å²) >= 11 is 2.84. The van der Waals surface area contributed by atoms with Crippen LogP contribution in [0.3, 0.4) is 0 Å². The van der Waals surface area contributed by atoms with Crippen molar-refractivity contribution in [3.8, 4) is 6.07 Å². The molecule has 6 nitrogen and oxygen atoms in total. The Hall–Kier alpha value is -2.89. The van der Waals surface area contributed by atoms with Crippen molar-refractivity contribution in [3.63, 3.8) is 0 Å². The van der Waals surface area contributed by atoms with Gasteiger partial charge in [-0.15, -0.1) is 11.3 Å². The van der Waals surface area contributed by atoms with E-state index in [0.29, 0.717) is 22.8 Å². The third-order valence-electron chi connectivity index (χ3n) is 4.07. The van der Waals surface area contributed by atoms with E-state index in [-0.39, 0.29) is 17.7 Å². The van der Waals surface area contributed by atoms with Crippen LogP contribution in [0.5, 0.6) is 0 Å². The topological polar surface area (TPSA) is 82.5 Å². The lowest BCUT2D eigenvalue weighted by Gasteiger charge is -2.19. The van der Waals surface area contributed by atoms with Gasteiger partial charge in [0.1, 0.15) is 22.9 Å². The maximum atomic E-state index is 12.9. The first-order valence-electron chi connectivity index (χ1n) is 8.21. The molecule has 4 heterocycles. The summed E-state index contributed by atoms with van der Waals surface area (Å²) in [4.78, 5) is 18.1. The zero-order valence-corrected chi connectivity index (χ0v) is 15.7. The first-order valence-corrected chi connectivity index (χ1v) is 10.1. The van der Waals surface area contributed by atoms with Crippen molar-refractivity contribution in [2.45, 2.75) is 17.5 Å². The number of amides is 1. The highest BCUT2D eigenvalue weighted by molar-refractivity contribution is 7.99. The fourth-order valence-corrected chi connectivity index (χ4v) is 4.34. The predicted octanol–water partition coefficient (Wildman–Crippen LogP) is 4.08. The Balaban J connectivity index is 1.55. The van der Waals surface area contributed by atoms with Crippen LogP contribution in [-0.4, -0.2) is 27.4 Å². The quantitative estimate of drug-likeness (QED) is 0.609. The Morgan fingerprint density at radius 2 is 2.30 bits per heavy atom. The molecule has 4 rings (SSSR count). The Bertz CT molecular complexity index is 1010. The Morgan fingerprint density at radius 3 is 3.04 bits per heavy atom. The summed E-state index contributed by atoms with van der Waals surface area (Å²) in [5.74, 6) is 0.700. The number of hydrogen-bond acceptors (Lipinski definition) is 7. The number of pyridine rings is 1. The molecule has 3 aromatic heterocycles. The van der Waals surface area contributed by atoms with Crippen LogP contribution in [-0.2, 0) is 4.79 Å². The van der Waals surface area contributed by atoms with Gasteiger partial charge in [-0.25, -0.2) is 9.99 Å². The molecule has 134 valence electrons. The molecule has 0 aromatic carbocycles.